The highest BCUT2D eigenvalue weighted by atomic mass is 35.5. The van der Waals surface area contributed by atoms with Gasteiger partial charge in [-0.3, -0.25) is 9.59 Å². The summed E-state index contributed by atoms with van der Waals surface area (Å²) in [7, 11) is 0. The summed E-state index contributed by atoms with van der Waals surface area (Å²) in [5.41, 5.74) is 0.546. The molecule has 0 N–H and O–H groups in total. The third-order valence-electron chi connectivity index (χ3n) is 5.09. The Kier molecular flexibility index (Phi) is 4.71. The lowest BCUT2D eigenvalue weighted by Gasteiger charge is -2.44. The lowest BCUT2D eigenvalue weighted by atomic mass is 10.0. The quantitative estimate of drug-likeness (QED) is 0.783. The number of likely N-dealkylation sites (tertiary alicyclic amines) is 1. The molecule has 26 heavy (non-hydrogen) atoms. The summed E-state index contributed by atoms with van der Waals surface area (Å²) in [4.78, 5) is 29.1. The average Bonchev–Trinajstić information content (AvgIpc) is 3.32. The Morgan fingerprint density at radius 1 is 1.04 bits per heavy atom. The van der Waals surface area contributed by atoms with Crippen molar-refractivity contribution >= 4 is 35.2 Å². The molecule has 7 heteroatoms. The van der Waals surface area contributed by atoms with E-state index in [1.807, 2.05) is 28.8 Å². The molecule has 2 fully saturated rings. The maximum Gasteiger partial charge on any atom is 0.289 e. The summed E-state index contributed by atoms with van der Waals surface area (Å²) in [6.07, 6.45) is 3.01. The van der Waals surface area contributed by atoms with E-state index in [-0.39, 0.29) is 16.7 Å². The average molecular weight is 391 g/mol. The molecule has 2 aliphatic heterocycles. The fourth-order valence-electron chi connectivity index (χ4n) is 3.70. The number of nitrogens with zero attached hydrogens (tertiary/aromatic N) is 2. The van der Waals surface area contributed by atoms with Crippen molar-refractivity contribution in [2.45, 2.75) is 17.7 Å². The second-order valence-electron chi connectivity index (χ2n) is 6.50. The number of benzene rings is 1. The SMILES string of the molecule is O=C(c1ccco1)N1CCC2(CC1)SCCN2C(=O)c1ccccc1Cl. The van der Waals surface area contributed by atoms with Gasteiger partial charge < -0.3 is 14.2 Å². The van der Waals surface area contributed by atoms with E-state index in [0.29, 0.717) is 36.0 Å². The third-order valence-corrected chi connectivity index (χ3v) is 6.97. The maximum atomic E-state index is 13.1. The van der Waals surface area contributed by atoms with Crippen molar-refractivity contribution in [3.63, 3.8) is 0 Å². The molecule has 3 heterocycles. The first-order chi connectivity index (χ1) is 12.6. The molecule has 2 amide bonds. The first kappa shape index (κ1) is 17.5. The predicted molar refractivity (Wildman–Crippen MR) is 102 cm³/mol. The summed E-state index contributed by atoms with van der Waals surface area (Å²) in [5.74, 6) is 1.16. The van der Waals surface area contributed by atoms with Crippen LogP contribution < -0.4 is 0 Å². The molecule has 0 radical (unpaired) electrons. The largest absolute Gasteiger partial charge is 0.459 e. The van der Waals surface area contributed by atoms with Crippen molar-refractivity contribution in [1.29, 1.82) is 0 Å². The number of hydrogen-bond acceptors (Lipinski definition) is 4. The third kappa shape index (κ3) is 3.01. The first-order valence-corrected chi connectivity index (χ1v) is 10.0. The molecule has 2 aliphatic rings. The number of hydrogen-bond donors (Lipinski definition) is 0. The number of rotatable bonds is 2. The summed E-state index contributed by atoms with van der Waals surface area (Å²) in [6.45, 7) is 1.93. The number of piperidine rings is 1. The van der Waals surface area contributed by atoms with E-state index in [1.54, 1.807) is 29.2 Å². The molecule has 0 aliphatic carbocycles. The van der Waals surface area contributed by atoms with Gasteiger partial charge in [0.2, 0.25) is 0 Å². The highest BCUT2D eigenvalue weighted by Crippen LogP contribution is 2.45. The van der Waals surface area contributed by atoms with Crippen molar-refractivity contribution in [3.05, 3.63) is 59.0 Å². The van der Waals surface area contributed by atoms with Crippen LogP contribution in [0.1, 0.15) is 33.8 Å². The minimum atomic E-state index is -0.254. The molecule has 0 saturated carbocycles. The summed E-state index contributed by atoms with van der Waals surface area (Å²) < 4.78 is 5.22. The van der Waals surface area contributed by atoms with Gasteiger partial charge in [0.15, 0.2) is 5.76 Å². The molecule has 0 unspecified atom stereocenters. The van der Waals surface area contributed by atoms with Crippen LogP contribution in [-0.2, 0) is 0 Å². The van der Waals surface area contributed by atoms with E-state index in [2.05, 4.69) is 0 Å². The highest BCUT2D eigenvalue weighted by molar-refractivity contribution is 8.00. The lowest BCUT2D eigenvalue weighted by molar-refractivity contribution is 0.0484. The van der Waals surface area contributed by atoms with Crippen LogP contribution in [0.4, 0.5) is 0 Å². The Morgan fingerprint density at radius 3 is 2.50 bits per heavy atom. The van der Waals surface area contributed by atoms with Crippen LogP contribution >= 0.6 is 23.4 Å². The molecule has 0 atom stereocenters. The van der Waals surface area contributed by atoms with Crippen LogP contribution in [0.2, 0.25) is 5.02 Å². The van der Waals surface area contributed by atoms with E-state index in [4.69, 9.17) is 16.0 Å². The van der Waals surface area contributed by atoms with Gasteiger partial charge in [-0.15, -0.1) is 11.8 Å². The molecule has 5 nitrogen and oxygen atoms in total. The van der Waals surface area contributed by atoms with Crippen molar-refractivity contribution in [2.24, 2.45) is 0 Å². The molecular formula is C19H19ClN2O3S. The minimum absolute atomic E-state index is 0.0218. The molecule has 2 aromatic rings. The number of amides is 2. The van der Waals surface area contributed by atoms with Crippen molar-refractivity contribution in [3.8, 4) is 0 Å². The minimum Gasteiger partial charge on any atom is -0.459 e. The van der Waals surface area contributed by atoms with Crippen molar-refractivity contribution in [1.82, 2.24) is 9.80 Å². The van der Waals surface area contributed by atoms with E-state index in [9.17, 15) is 9.59 Å². The van der Waals surface area contributed by atoms with Crippen LogP contribution in [0.3, 0.4) is 0 Å². The van der Waals surface area contributed by atoms with Crippen LogP contribution in [0, 0.1) is 0 Å². The smallest absolute Gasteiger partial charge is 0.289 e. The highest BCUT2D eigenvalue weighted by Gasteiger charge is 2.47. The van der Waals surface area contributed by atoms with Gasteiger partial charge in [0, 0.05) is 25.4 Å². The molecule has 2 saturated heterocycles. The molecule has 136 valence electrons. The van der Waals surface area contributed by atoms with E-state index >= 15 is 0 Å². The zero-order valence-corrected chi connectivity index (χ0v) is 15.8. The molecule has 1 aromatic heterocycles. The first-order valence-electron chi connectivity index (χ1n) is 8.64. The van der Waals surface area contributed by atoms with Gasteiger partial charge in [-0.2, -0.15) is 0 Å². The van der Waals surface area contributed by atoms with Crippen molar-refractivity contribution < 1.29 is 14.0 Å². The molecular weight excluding hydrogens is 372 g/mol. The Bertz CT molecular complexity index is 816. The van der Waals surface area contributed by atoms with E-state index in [0.717, 1.165) is 18.6 Å². The van der Waals surface area contributed by atoms with Gasteiger partial charge in [0.25, 0.3) is 11.8 Å². The molecule has 4 rings (SSSR count). The Labute approximate surface area is 161 Å². The van der Waals surface area contributed by atoms with Crippen LogP contribution in [0.15, 0.2) is 47.1 Å². The van der Waals surface area contributed by atoms with Gasteiger partial charge in [0.1, 0.15) is 0 Å². The number of carbonyl (C=O) groups excluding carboxylic acids is 2. The molecule has 0 bridgehead atoms. The summed E-state index contributed by atoms with van der Waals surface area (Å²) in [6, 6.07) is 10.6. The number of halogens is 1. The van der Waals surface area contributed by atoms with Gasteiger partial charge >= 0.3 is 0 Å². The van der Waals surface area contributed by atoms with Gasteiger partial charge in [-0.05, 0) is 37.1 Å². The molecule has 1 spiro atoms. The normalized spacial score (nSPS) is 19.1. The standard InChI is InChI=1S/C19H19ClN2O3S/c20-15-5-2-1-4-14(15)17(23)22-11-13-26-19(22)7-9-21(10-8-19)18(24)16-6-3-12-25-16/h1-6,12H,7-11,13H2. The van der Waals surface area contributed by atoms with Gasteiger partial charge in [0.05, 0.1) is 21.7 Å². The maximum absolute atomic E-state index is 13.1. The number of carbonyl (C=O) groups is 2. The number of thioether (sulfide) groups is 1. The zero-order valence-electron chi connectivity index (χ0n) is 14.2. The second kappa shape index (κ2) is 7.00. The summed E-state index contributed by atoms with van der Waals surface area (Å²) in [5, 5.41) is 0.481. The predicted octanol–water partition coefficient (Wildman–Crippen LogP) is 3.75. The van der Waals surface area contributed by atoms with Crippen LogP contribution in [0.5, 0.6) is 0 Å². The zero-order chi connectivity index (χ0) is 18.1. The van der Waals surface area contributed by atoms with Crippen LogP contribution in [0.25, 0.3) is 0 Å². The second-order valence-corrected chi connectivity index (χ2v) is 8.36. The van der Waals surface area contributed by atoms with Gasteiger partial charge in [-0.1, -0.05) is 23.7 Å². The van der Waals surface area contributed by atoms with Gasteiger partial charge in [-0.25, -0.2) is 0 Å². The Balaban J connectivity index is 1.49. The van der Waals surface area contributed by atoms with Crippen LogP contribution in [-0.4, -0.2) is 51.9 Å². The summed E-state index contributed by atoms with van der Waals surface area (Å²) >= 11 is 8.04. The molecule has 1 aromatic carbocycles. The number of furan rings is 1. The van der Waals surface area contributed by atoms with Crippen molar-refractivity contribution in [2.75, 3.05) is 25.4 Å². The van der Waals surface area contributed by atoms with E-state index in [1.165, 1.54) is 6.26 Å². The fourth-order valence-corrected chi connectivity index (χ4v) is 5.38. The topological polar surface area (TPSA) is 53.8 Å². The monoisotopic (exact) mass is 390 g/mol. The Hall–Kier alpha value is -1.92. The fraction of sp³-hybridized carbons (Fsp3) is 0.368. The Morgan fingerprint density at radius 2 is 1.81 bits per heavy atom. The van der Waals surface area contributed by atoms with E-state index < -0.39 is 0 Å². The lowest BCUT2D eigenvalue weighted by Crippen LogP contribution is -2.53.